The van der Waals surface area contributed by atoms with Crippen LogP contribution in [0.25, 0.3) is 0 Å². The lowest BCUT2D eigenvalue weighted by Crippen LogP contribution is -2.50. The molecule has 0 aliphatic carbocycles. The number of sulfone groups is 1. The van der Waals surface area contributed by atoms with E-state index in [2.05, 4.69) is 12.2 Å². The van der Waals surface area contributed by atoms with E-state index >= 15 is 0 Å². The van der Waals surface area contributed by atoms with Gasteiger partial charge in [-0.15, -0.1) is 0 Å². The van der Waals surface area contributed by atoms with Gasteiger partial charge < -0.3 is 5.73 Å². The van der Waals surface area contributed by atoms with Crippen molar-refractivity contribution in [2.24, 2.45) is 5.73 Å². The lowest BCUT2D eigenvalue weighted by atomic mass is 10.0. The summed E-state index contributed by atoms with van der Waals surface area (Å²) in [6.45, 7) is 0.632. The first-order valence-electron chi connectivity index (χ1n) is 5.89. The van der Waals surface area contributed by atoms with Gasteiger partial charge in [-0.3, -0.25) is 0 Å². The molecule has 0 spiro atoms. The van der Waals surface area contributed by atoms with Crippen molar-refractivity contribution in [3.8, 4) is 0 Å². The maximum Gasteiger partial charge on any atom is 0.453 e. The zero-order chi connectivity index (χ0) is 18.9. The Morgan fingerprint density at radius 3 is 1.70 bits per heavy atom. The third-order valence-electron chi connectivity index (χ3n) is 3.19. The van der Waals surface area contributed by atoms with Gasteiger partial charge in [-0.25, -0.2) is 8.42 Å². The summed E-state index contributed by atoms with van der Waals surface area (Å²) in [7, 11) is -4.81. The third-order valence-corrected chi connectivity index (χ3v) is 6.31. The number of hydrogen-bond acceptors (Lipinski definition) is 3. The highest BCUT2D eigenvalue weighted by Gasteiger charge is 2.58. The second-order valence-corrected chi connectivity index (χ2v) is 7.96. The van der Waals surface area contributed by atoms with Gasteiger partial charge in [0.2, 0.25) is 0 Å². The smallest absolute Gasteiger partial charge is 0.392 e. The van der Waals surface area contributed by atoms with Crippen molar-refractivity contribution in [3.63, 3.8) is 0 Å². The van der Waals surface area contributed by atoms with Crippen molar-refractivity contribution in [2.45, 2.75) is 49.2 Å². The molecule has 1 unspecified atom stereocenters. The molecule has 0 aliphatic heterocycles. The molecule has 0 bridgehead atoms. The Hall–Kier alpha value is -0.720. The van der Waals surface area contributed by atoms with Gasteiger partial charge in [-0.1, -0.05) is 12.2 Å². The minimum atomic E-state index is -5.93. The van der Waals surface area contributed by atoms with Crippen LogP contribution >= 0.6 is 12.2 Å². The van der Waals surface area contributed by atoms with Crippen molar-refractivity contribution >= 4 is 27.0 Å². The predicted octanol–water partition coefficient (Wildman–Crippen LogP) is 3.38. The number of halogens is 8. The predicted molar refractivity (Wildman–Crippen MR) is 69.9 cm³/mol. The van der Waals surface area contributed by atoms with E-state index in [1.54, 1.807) is 0 Å². The molecule has 1 atom stereocenters. The van der Waals surface area contributed by atoms with Crippen LogP contribution in [0.4, 0.5) is 35.1 Å². The quantitative estimate of drug-likeness (QED) is 0.531. The highest BCUT2D eigenvalue weighted by Crippen LogP contribution is 2.41. The fourth-order valence-corrected chi connectivity index (χ4v) is 3.60. The van der Waals surface area contributed by atoms with E-state index in [1.165, 1.54) is 0 Å². The molecular formula is C10H13F8NO2S2. The molecule has 0 saturated heterocycles. The van der Waals surface area contributed by atoms with E-state index in [9.17, 15) is 43.5 Å². The molecule has 2 N–H and O–H groups in total. The SMILES string of the molecule is CC(CCC(F)(F)C(F)(F)F)(C(N)=S)S(=O)(=O)CCC(F)(F)F. The molecule has 0 amide bonds. The molecule has 0 aromatic rings. The van der Waals surface area contributed by atoms with Crippen LogP contribution in [0.5, 0.6) is 0 Å². The molecule has 0 aromatic carbocycles. The lowest BCUT2D eigenvalue weighted by molar-refractivity contribution is -0.284. The maximum atomic E-state index is 12.9. The Kier molecular flexibility index (Phi) is 6.44. The van der Waals surface area contributed by atoms with Crippen LogP contribution in [-0.4, -0.2) is 42.2 Å². The zero-order valence-electron chi connectivity index (χ0n) is 11.6. The molecule has 13 heteroatoms. The number of hydrogen-bond donors (Lipinski definition) is 1. The summed E-state index contributed by atoms with van der Waals surface area (Å²) in [5.74, 6) is -6.75. The van der Waals surface area contributed by atoms with Crippen LogP contribution in [0.3, 0.4) is 0 Å². The summed E-state index contributed by atoms with van der Waals surface area (Å²) in [5, 5.41) is 0. The van der Waals surface area contributed by atoms with Crippen LogP contribution in [0.2, 0.25) is 0 Å². The summed E-state index contributed by atoms with van der Waals surface area (Å²) >= 11 is 4.36. The monoisotopic (exact) mass is 395 g/mol. The molecule has 0 rings (SSSR count). The van der Waals surface area contributed by atoms with E-state index < -0.39 is 62.9 Å². The van der Waals surface area contributed by atoms with Crippen molar-refractivity contribution < 1.29 is 43.5 Å². The Bertz CT molecular complexity index is 540. The second kappa shape index (κ2) is 6.65. The van der Waals surface area contributed by atoms with Gasteiger partial charge in [0.05, 0.1) is 17.2 Å². The van der Waals surface area contributed by atoms with Crippen LogP contribution in [0.15, 0.2) is 0 Å². The Morgan fingerprint density at radius 2 is 1.39 bits per heavy atom. The number of thiocarbonyl (C=S) groups is 1. The highest BCUT2D eigenvalue weighted by atomic mass is 32.2. The van der Waals surface area contributed by atoms with E-state index in [-0.39, 0.29) is 0 Å². The average molecular weight is 395 g/mol. The molecule has 0 aromatic heterocycles. The minimum Gasteiger partial charge on any atom is -0.392 e. The summed E-state index contributed by atoms with van der Waals surface area (Å²) in [6.07, 6.45) is -15.9. The Labute approximate surface area is 132 Å². The summed E-state index contributed by atoms with van der Waals surface area (Å²) in [4.78, 5) is -0.974. The van der Waals surface area contributed by atoms with Gasteiger partial charge in [0.25, 0.3) is 0 Å². The zero-order valence-corrected chi connectivity index (χ0v) is 13.2. The fraction of sp³-hybridized carbons (Fsp3) is 0.900. The van der Waals surface area contributed by atoms with E-state index in [4.69, 9.17) is 5.73 Å². The van der Waals surface area contributed by atoms with Gasteiger partial charge in [0.15, 0.2) is 9.84 Å². The second-order valence-electron chi connectivity index (χ2n) is 4.98. The van der Waals surface area contributed by atoms with Gasteiger partial charge in [0.1, 0.15) is 4.75 Å². The first-order chi connectivity index (χ1) is 9.86. The lowest BCUT2D eigenvalue weighted by Gasteiger charge is -2.30. The van der Waals surface area contributed by atoms with Gasteiger partial charge in [0, 0.05) is 6.42 Å². The molecular weight excluding hydrogens is 382 g/mol. The molecule has 0 fully saturated rings. The van der Waals surface area contributed by atoms with E-state index in [1.807, 2.05) is 0 Å². The van der Waals surface area contributed by atoms with Crippen molar-refractivity contribution in [1.29, 1.82) is 0 Å². The summed E-state index contributed by atoms with van der Waals surface area (Å²) in [5.41, 5.74) is 5.08. The maximum absolute atomic E-state index is 12.9. The normalized spacial score (nSPS) is 16.9. The van der Waals surface area contributed by atoms with Crippen molar-refractivity contribution in [2.75, 3.05) is 5.75 Å². The number of alkyl halides is 8. The van der Waals surface area contributed by atoms with E-state index in [0.29, 0.717) is 6.92 Å². The van der Waals surface area contributed by atoms with Crippen molar-refractivity contribution in [1.82, 2.24) is 0 Å². The van der Waals surface area contributed by atoms with Gasteiger partial charge in [-0.2, -0.15) is 35.1 Å². The van der Waals surface area contributed by atoms with Gasteiger partial charge >= 0.3 is 18.3 Å². The largest absolute Gasteiger partial charge is 0.453 e. The minimum absolute atomic E-state index is 0.632. The number of nitrogens with two attached hydrogens (primary N) is 1. The van der Waals surface area contributed by atoms with Gasteiger partial charge in [-0.05, 0) is 13.3 Å². The van der Waals surface area contributed by atoms with Crippen LogP contribution in [0.1, 0.15) is 26.2 Å². The molecule has 138 valence electrons. The topological polar surface area (TPSA) is 60.2 Å². The first-order valence-corrected chi connectivity index (χ1v) is 7.95. The van der Waals surface area contributed by atoms with Crippen LogP contribution < -0.4 is 5.73 Å². The summed E-state index contributed by atoms with van der Waals surface area (Å²) < 4.78 is 120. The van der Waals surface area contributed by atoms with Crippen molar-refractivity contribution in [3.05, 3.63) is 0 Å². The Morgan fingerprint density at radius 1 is 0.957 bits per heavy atom. The standard InChI is InChI=1S/C10H13F8NO2S2/c1-7(6(19)22,2-3-8(11,12)10(16,17)18)23(20,21)5-4-9(13,14)15/h2-5H2,1H3,(H2,19,22). The fourth-order valence-electron chi connectivity index (χ4n) is 1.44. The van der Waals surface area contributed by atoms with Crippen LogP contribution in [0, 0.1) is 0 Å². The third kappa shape index (κ3) is 5.69. The summed E-state index contributed by atoms with van der Waals surface area (Å²) in [6, 6.07) is 0. The first kappa shape index (κ1) is 22.3. The van der Waals surface area contributed by atoms with E-state index in [0.717, 1.165) is 0 Å². The Balaban J connectivity index is 5.41. The molecule has 0 radical (unpaired) electrons. The van der Waals surface area contributed by atoms with Crippen LogP contribution in [-0.2, 0) is 9.84 Å². The highest BCUT2D eigenvalue weighted by molar-refractivity contribution is 7.95. The molecule has 0 saturated carbocycles. The number of rotatable bonds is 7. The molecule has 0 aliphatic rings. The molecule has 3 nitrogen and oxygen atoms in total. The average Bonchev–Trinajstić information content (AvgIpc) is 2.31. The molecule has 0 heterocycles. The molecule has 23 heavy (non-hydrogen) atoms.